The molecule has 2 amide bonds. The first kappa shape index (κ1) is 17.7. The van der Waals surface area contributed by atoms with Crippen molar-refractivity contribution in [3.8, 4) is 0 Å². The number of hydrogen-bond donors (Lipinski definition) is 2. The minimum atomic E-state index is -1.08. The van der Waals surface area contributed by atoms with E-state index in [2.05, 4.69) is 19.2 Å². The Hall–Kier alpha value is -1.30. The van der Waals surface area contributed by atoms with Crippen LogP contribution in [0.25, 0.3) is 0 Å². The predicted molar refractivity (Wildman–Crippen MR) is 73.2 cm³/mol. The molecule has 1 unspecified atom stereocenters. The lowest BCUT2D eigenvalue weighted by molar-refractivity contribution is -0.140. The van der Waals surface area contributed by atoms with Gasteiger partial charge in [-0.3, -0.25) is 0 Å². The Bertz CT molecular complexity index is 263. The first-order valence-corrected chi connectivity index (χ1v) is 6.83. The molecule has 0 radical (unpaired) electrons. The lowest BCUT2D eigenvalue weighted by atomic mass is 10.2. The smallest absolute Gasteiger partial charge is 0.328 e. The van der Waals surface area contributed by atoms with Crippen LogP contribution in [0, 0.1) is 0 Å². The van der Waals surface area contributed by atoms with E-state index in [4.69, 9.17) is 9.84 Å². The summed E-state index contributed by atoms with van der Waals surface area (Å²) in [5.41, 5.74) is 0. The molecule has 6 nitrogen and oxygen atoms in total. The Balaban J connectivity index is 4.44. The zero-order chi connectivity index (χ0) is 14.7. The van der Waals surface area contributed by atoms with Gasteiger partial charge >= 0.3 is 12.0 Å². The Labute approximate surface area is 115 Å². The number of urea groups is 1. The third-order valence-electron chi connectivity index (χ3n) is 2.78. The molecule has 0 aliphatic heterocycles. The van der Waals surface area contributed by atoms with Gasteiger partial charge in [-0.2, -0.15) is 0 Å². The number of carboxylic acids is 1. The van der Waals surface area contributed by atoms with E-state index in [1.165, 1.54) is 7.11 Å². The van der Waals surface area contributed by atoms with Gasteiger partial charge in [0, 0.05) is 20.2 Å². The molecule has 6 heteroatoms. The van der Waals surface area contributed by atoms with Crippen molar-refractivity contribution in [3.05, 3.63) is 0 Å². The Morgan fingerprint density at radius 1 is 1.21 bits per heavy atom. The standard InChI is InChI=1S/C13H26N2O4/c1-4-6-8-15(9-7-5-2)13(18)14-11(10-19-3)12(16)17/h11H,4-10H2,1-3H3,(H,14,18)(H,16,17). The second-order valence-electron chi connectivity index (χ2n) is 4.49. The molecule has 0 aromatic carbocycles. The maximum absolute atomic E-state index is 12.0. The summed E-state index contributed by atoms with van der Waals surface area (Å²) in [5.74, 6) is -1.08. The number of nitrogens with one attached hydrogen (secondary N) is 1. The van der Waals surface area contributed by atoms with Crippen LogP contribution in [0.2, 0.25) is 0 Å². The Morgan fingerprint density at radius 2 is 1.74 bits per heavy atom. The summed E-state index contributed by atoms with van der Waals surface area (Å²) in [7, 11) is 1.41. The minimum absolute atomic E-state index is 0.0313. The van der Waals surface area contributed by atoms with E-state index in [1.807, 2.05) is 0 Å². The van der Waals surface area contributed by atoms with Crippen LogP contribution in [0.15, 0.2) is 0 Å². The Kier molecular flexibility index (Phi) is 9.88. The molecule has 1 atom stereocenters. The van der Waals surface area contributed by atoms with Gasteiger partial charge in [0.15, 0.2) is 6.04 Å². The van der Waals surface area contributed by atoms with Crippen molar-refractivity contribution in [2.24, 2.45) is 0 Å². The van der Waals surface area contributed by atoms with Gasteiger partial charge in [-0.05, 0) is 12.8 Å². The summed E-state index contributed by atoms with van der Waals surface area (Å²) in [6.07, 6.45) is 3.82. The molecule has 0 bridgehead atoms. The fourth-order valence-corrected chi connectivity index (χ4v) is 1.59. The fraction of sp³-hybridized carbons (Fsp3) is 0.846. The molecule has 0 aromatic heterocycles. The number of amides is 2. The number of hydrogen-bond acceptors (Lipinski definition) is 3. The van der Waals surface area contributed by atoms with Gasteiger partial charge in [0.05, 0.1) is 6.61 Å². The van der Waals surface area contributed by atoms with Crippen LogP contribution in [-0.2, 0) is 9.53 Å². The van der Waals surface area contributed by atoms with Crippen LogP contribution >= 0.6 is 0 Å². The van der Waals surface area contributed by atoms with Gasteiger partial charge in [0.2, 0.25) is 0 Å². The topological polar surface area (TPSA) is 78.9 Å². The number of carbonyl (C=O) groups excluding carboxylic acids is 1. The van der Waals surface area contributed by atoms with Gasteiger partial charge in [-0.25, -0.2) is 9.59 Å². The van der Waals surface area contributed by atoms with E-state index in [1.54, 1.807) is 4.90 Å². The van der Waals surface area contributed by atoms with Crippen LogP contribution in [0.3, 0.4) is 0 Å². The van der Waals surface area contributed by atoms with Gasteiger partial charge in [-0.1, -0.05) is 26.7 Å². The van der Waals surface area contributed by atoms with Crippen molar-refractivity contribution in [1.82, 2.24) is 10.2 Å². The van der Waals surface area contributed by atoms with Crippen LogP contribution < -0.4 is 5.32 Å². The number of ether oxygens (including phenoxy) is 1. The molecule has 2 N–H and O–H groups in total. The van der Waals surface area contributed by atoms with Crippen molar-refractivity contribution in [2.75, 3.05) is 26.8 Å². The summed E-state index contributed by atoms with van der Waals surface area (Å²) >= 11 is 0. The second kappa shape index (κ2) is 10.6. The first-order chi connectivity index (χ1) is 9.06. The van der Waals surface area contributed by atoms with E-state index in [9.17, 15) is 9.59 Å². The van der Waals surface area contributed by atoms with Gasteiger partial charge in [-0.15, -0.1) is 0 Å². The predicted octanol–water partition coefficient (Wildman–Crippen LogP) is 1.70. The molecule has 0 aliphatic carbocycles. The third kappa shape index (κ3) is 7.66. The maximum atomic E-state index is 12.0. The number of unbranched alkanes of at least 4 members (excludes halogenated alkanes) is 2. The zero-order valence-electron chi connectivity index (χ0n) is 12.1. The number of methoxy groups -OCH3 is 1. The highest BCUT2D eigenvalue weighted by atomic mass is 16.5. The molecule has 0 rings (SSSR count). The molecule has 0 saturated heterocycles. The highest BCUT2D eigenvalue weighted by Crippen LogP contribution is 2.01. The lowest BCUT2D eigenvalue weighted by Gasteiger charge is -2.24. The molecule has 0 fully saturated rings. The van der Waals surface area contributed by atoms with Gasteiger partial charge in [0.25, 0.3) is 0 Å². The molecule has 0 saturated carbocycles. The van der Waals surface area contributed by atoms with Crippen molar-refractivity contribution in [2.45, 2.75) is 45.6 Å². The van der Waals surface area contributed by atoms with Crippen molar-refractivity contribution in [3.63, 3.8) is 0 Å². The van der Waals surface area contributed by atoms with E-state index in [0.29, 0.717) is 13.1 Å². The molecule has 0 aromatic rings. The van der Waals surface area contributed by atoms with Crippen molar-refractivity contribution in [1.29, 1.82) is 0 Å². The van der Waals surface area contributed by atoms with Gasteiger partial charge < -0.3 is 20.1 Å². The molecule has 0 heterocycles. The van der Waals surface area contributed by atoms with Crippen LogP contribution in [0.1, 0.15) is 39.5 Å². The molecule has 0 aliphatic rings. The zero-order valence-corrected chi connectivity index (χ0v) is 12.1. The average molecular weight is 274 g/mol. The normalized spacial score (nSPS) is 11.9. The van der Waals surface area contributed by atoms with E-state index in [-0.39, 0.29) is 12.6 Å². The van der Waals surface area contributed by atoms with Crippen LogP contribution in [0.5, 0.6) is 0 Å². The number of rotatable bonds is 10. The van der Waals surface area contributed by atoms with E-state index >= 15 is 0 Å². The first-order valence-electron chi connectivity index (χ1n) is 6.83. The quantitative estimate of drug-likeness (QED) is 0.635. The van der Waals surface area contributed by atoms with Crippen molar-refractivity contribution < 1.29 is 19.4 Å². The van der Waals surface area contributed by atoms with Crippen molar-refractivity contribution >= 4 is 12.0 Å². The highest BCUT2D eigenvalue weighted by Gasteiger charge is 2.22. The fourth-order valence-electron chi connectivity index (χ4n) is 1.59. The number of nitrogens with zero attached hydrogens (tertiary/aromatic N) is 1. The molecule has 19 heavy (non-hydrogen) atoms. The largest absolute Gasteiger partial charge is 0.480 e. The summed E-state index contributed by atoms with van der Waals surface area (Å²) in [4.78, 5) is 24.7. The lowest BCUT2D eigenvalue weighted by Crippen LogP contribution is -2.50. The van der Waals surface area contributed by atoms with E-state index < -0.39 is 12.0 Å². The monoisotopic (exact) mass is 274 g/mol. The van der Waals surface area contributed by atoms with Crippen LogP contribution in [0.4, 0.5) is 4.79 Å². The highest BCUT2D eigenvalue weighted by molar-refractivity contribution is 5.82. The Morgan fingerprint density at radius 3 is 2.11 bits per heavy atom. The SMILES string of the molecule is CCCCN(CCCC)C(=O)NC(COC)C(=O)O. The van der Waals surface area contributed by atoms with E-state index in [0.717, 1.165) is 25.7 Å². The summed E-state index contributed by atoms with van der Waals surface area (Å²) < 4.78 is 4.79. The molecule has 112 valence electrons. The summed E-state index contributed by atoms with van der Waals surface area (Å²) in [6, 6.07) is -1.32. The van der Waals surface area contributed by atoms with Crippen LogP contribution in [-0.4, -0.2) is 54.9 Å². The molecule has 0 spiro atoms. The minimum Gasteiger partial charge on any atom is -0.480 e. The number of carbonyl (C=O) groups is 2. The second-order valence-corrected chi connectivity index (χ2v) is 4.49. The number of carboxylic acid groups (broad SMARTS) is 1. The molecular weight excluding hydrogens is 248 g/mol. The molecular formula is C13H26N2O4. The maximum Gasteiger partial charge on any atom is 0.328 e. The summed E-state index contributed by atoms with van der Waals surface area (Å²) in [6.45, 7) is 5.39. The average Bonchev–Trinajstić information content (AvgIpc) is 2.38. The number of aliphatic carboxylic acids is 1. The summed E-state index contributed by atoms with van der Waals surface area (Å²) in [5, 5.41) is 11.5. The van der Waals surface area contributed by atoms with Gasteiger partial charge in [0.1, 0.15) is 0 Å². The third-order valence-corrected chi connectivity index (χ3v) is 2.78.